The lowest BCUT2D eigenvalue weighted by molar-refractivity contribution is 0.0752. The molecule has 2 aromatic heterocycles. The van der Waals surface area contributed by atoms with E-state index >= 15 is 0 Å². The summed E-state index contributed by atoms with van der Waals surface area (Å²) in [6.45, 7) is -0.478. The molecule has 2 aromatic carbocycles. The molecule has 4 aromatic rings. The third-order valence-electron chi connectivity index (χ3n) is 5.96. The highest BCUT2D eigenvalue weighted by Gasteiger charge is 2.31. The third kappa shape index (κ3) is 4.22. The largest absolute Gasteiger partial charge is 0.330 e. The van der Waals surface area contributed by atoms with E-state index in [9.17, 15) is 26.4 Å². The smallest absolute Gasteiger partial charge is 0.294 e. The molecule has 2 N–H and O–H groups in total. The van der Waals surface area contributed by atoms with E-state index in [0.717, 1.165) is 17.4 Å². The van der Waals surface area contributed by atoms with Gasteiger partial charge in [0, 0.05) is 30.4 Å². The number of nitrogens with two attached hydrogens (primary N) is 1. The van der Waals surface area contributed by atoms with Gasteiger partial charge in [0.1, 0.15) is 5.82 Å². The van der Waals surface area contributed by atoms with E-state index in [2.05, 4.69) is 4.98 Å². The minimum absolute atomic E-state index is 0.0866. The lowest BCUT2D eigenvalue weighted by Gasteiger charge is -2.34. The molecule has 8 nitrogen and oxygen atoms in total. The number of aromatic nitrogens is 2. The van der Waals surface area contributed by atoms with Gasteiger partial charge in [-0.05, 0) is 54.8 Å². The summed E-state index contributed by atoms with van der Waals surface area (Å²) in [5.74, 6) is -0.637. The molecule has 0 atom stereocenters. The molecule has 1 aliphatic rings. The topological polar surface area (TPSA) is 102 Å². The van der Waals surface area contributed by atoms with Gasteiger partial charge in [0.05, 0.1) is 11.2 Å². The Morgan fingerprint density at radius 3 is 2.42 bits per heavy atom. The van der Waals surface area contributed by atoms with E-state index in [1.54, 1.807) is 24.3 Å². The van der Waals surface area contributed by atoms with Crippen molar-refractivity contribution in [1.29, 1.82) is 0 Å². The van der Waals surface area contributed by atoms with Gasteiger partial charge in [0.15, 0.2) is 9.34 Å². The number of thiazole rings is 1. The summed E-state index contributed by atoms with van der Waals surface area (Å²) in [5, 5.41) is 5.97. The maximum Gasteiger partial charge on any atom is 0.330 e. The summed E-state index contributed by atoms with van der Waals surface area (Å²) in [6, 6.07) is 10.3. The van der Waals surface area contributed by atoms with Gasteiger partial charge in [-0.2, -0.15) is 8.78 Å². The number of primary sulfonamides is 1. The van der Waals surface area contributed by atoms with Crippen molar-refractivity contribution in [3.8, 4) is 11.1 Å². The van der Waals surface area contributed by atoms with Crippen molar-refractivity contribution >= 4 is 49.1 Å². The van der Waals surface area contributed by atoms with Crippen molar-refractivity contribution in [1.82, 2.24) is 9.55 Å². The number of aryl methyl sites for hydroxylation is 1. The second-order valence-corrected chi connectivity index (χ2v) is 11.0. The molecular weight excluding hydrogens is 515 g/mol. The lowest BCUT2D eigenvalue weighted by Crippen LogP contribution is -2.49. The summed E-state index contributed by atoms with van der Waals surface area (Å²) in [6.07, 6.45) is 1.83. The number of alkyl halides is 2. The quantitative estimate of drug-likeness (QED) is 0.385. The first-order valence-electron chi connectivity index (χ1n) is 10.8. The number of hydrogen-bond donors (Lipinski definition) is 1. The van der Waals surface area contributed by atoms with E-state index in [-0.39, 0.29) is 26.6 Å². The highest BCUT2D eigenvalue weighted by Crippen LogP contribution is 2.35. The molecule has 5 rings (SSSR count). The number of benzene rings is 2. The lowest BCUT2D eigenvalue weighted by atomic mass is 10.0. The van der Waals surface area contributed by atoms with Gasteiger partial charge in [-0.3, -0.25) is 14.4 Å². The standard InChI is InChI=1S/C23H20F3N5O3S2/c1-13-20(36(27,33)34)35-22(28-13)31-9-2-8-29(23(31)32)16-5-3-14(4-6-16)18-11-15(24)12-19-17(18)7-10-30(19)21(25)26/h3-7,10-12,21H,2,8-9H2,1H3,(H2,27,33,34). The van der Waals surface area contributed by atoms with E-state index < -0.39 is 22.4 Å². The molecule has 13 heteroatoms. The van der Waals surface area contributed by atoms with E-state index in [0.29, 0.717) is 46.3 Å². The predicted molar refractivity (Wildman–Crippen MR) is 132 cm³/mol. The number of hydrogen-bond acceptors (Lipinski definition) is 5. The minimum Gasteiger partial charge on any atom is -0.294 e. The molecule has 2 amide bonds. The normalized spacial score (nSPS) is 14.9. The molecule has 0 saturated carbocycles. The second-order valence-electron chi connectivity index (χ2n) is 8.29. The van der Waals surface area contributed by atoms with Crippen molar-refractivity contribution in [2.45, 2.75) is 24.1 Å². The number of anilines is 2. The van der Waals surface area contributed by atoms with Gasteiger partial charge >= 0.3 is 12.6 Å². The number of carbonyl (C=O) groups is 1. The predicted octanol–water partition coefficient (Wildman–Crippen LogP) is 5.09. The maximum atomic E-state index is 14.3. The molecule has 1 fully saturated rings. The van der Waals surface area contributed by atoms with E-state index in [4.69, 9.17) is 5.14 Å². The Balaban J connectivity index is 1.45. The van der Waals surface area contributed by atoms with E-state index in [1.165, 1.54) is 35.1 Å². The fraction of sp³-hybridized carbons (Fsp3) is 0.217. The maximum absolute atomic E-state index is 14.3. The van der Waals surface area contributed by atoms with Gasteiger partial charge < -0.3 is 0 Å². The molecule has 0 radical (unpaired) electrons. The Labute approximate surface area is 208 Å². The molecule has 1 saturated heterocycles. The molecule has 0 unspecified atom stereocenters. The van der Waals surface area contributed by atoms with Crippen LogP contribution < -0.4 is 14.9 Å². The monoisotopic (exact) mass is 535 g/mol. The van der Waals surface area contributed by atoms with Crippen molar-refractivity contribution in [3.63, 3.8) is 0 Å². The van der Waals surface area contributed by atoms with Gasteiger partial charge in [-0.25, -0.2) is 27.7 Å². The van der Waals surface area contributed by atoms with Crippen LogP contribution >= 0.6 is 11.3 Å². The van der Waals surface area contributed by atoms with E-state index in [1.807, 2.05) is 0 Å². The summed E-state index contributed by atoms with van der Waals surface area (Å²) >= 11 is 0.844. The zero-order valence-corrected chi connectivity index (χ0v) is 20.5. The van der Waals surface area contributed by atoms with Crippen LogP contribution in [0.4, 0.5) is 28.8 Å². The Bertz CT molecular complexity index is 1580. The van der Waals surface area contributed by atoms with Gasteiger partial charge in [-0.15, -0.1) is 0 Å². The van der Waals surface area contributed by atoms with Crippen LogP contribution in [0.3, 0.4) is 0 Å². The molecule has 188 valence electrons. The number of amides is 2. The van der Waals surface area contributed by atoms with Crippen LogP contribution in [-0.2, 0) is 10.0 Å². The number of sulfonamides is 1. The van der Waals surface area contributed by atoms with Gasteiger partial charge in [-0.1, -0.05) is 23.5 Å². The van der Waals surface area contributed by atoms with Crippen LogP contribution in [0, 0.1) is 12.7 Å². The van der Waals surface area contributed by atoms with Crippen molar-refractivity contribution < 1.29 is 26.4 Å². The second kappa shape index (κ2) is 8.91. The van der Waals surface area contributed by atoms with Crippen molar-refractivity contribution in [2.24, 2.45) is 5.14 Å². The number of rotatable bonds is 5. The first-order valence-corrected chi connectivity index (χ1v) is 13.2. The zero-order chi connectivity index (χ0) is 25.8. The highest BCUT2D eigenvalue weighted by atomic mass is 32.2. The molecule has 3 heterocycles. The molecule has 0 spiro atoms. The number of fused-ring (bicyclic) bond motifs is 1. The Morgan fingerprint density at radius 1 is 1.08 bits per heavy atom. The van der Waals surface area contributed by atoms with Crippen LogP contribution in [0.25, 0.3) is 22.0 Å². The summed E-state index contributed by atoms with van der Waals surface area (Å²) in [5.41, 5.74) is 1.95. The molecule has 0 bridgehead atoms. The van der Waals surface area contributed by atoms with Crippen LogP contribution in [0.1, 0.15) is 18.7 Å². The molecule has 0 aliphatic carbocycles. The Morgan fingerprint density at radius 2 is 1.78 bits per heavy atom. The molecule has 36 heavy (non-hydrogen) atoms. The van der Waals surface area contributed by atoms with Crippen molar-refractivity contribution in [3.05, 3.63) is 60.2 Å². The van der Waals surface area contributed by atoms with Crippen LogP contribution in [0.2, 0.25) is 0 Å². The van der Waals surface area contributed by atoms with Crippen LogP contribution in [0.15, 0.2) is 52.9 Å². The summed E-state index contributed by atoms with van der Waals surface area (Å²) in [7, 11) is -3.95. The van der Waals surface area contributed by atoms with Crippen molar-refractivity contribution in [2.75, 3.05) is 22.9 Å². The number of carbonyl (C=O) groups excluding carboxylic acids is 1. The zero-order valence-electron chi connectivity index (χ0n) is 18.9. The first kappa shape index (κ1) is 24.3. The van der Waals surface area contributed by atoms with Crippen LogP contribution in [-0.4, -0.2) is 37.1 Å². The Kier molecular flexibility index (Phi) is 6.01. The number of nitrogens with zero attached hydrogens (tertiary/aromatic N) is 4. The number of halogens is 3. The summed E-state index contributed by atoms with van der Waals surface area (Å²) < 4.78 is 65.0. The van der Waals surface area contributed by atoms with Gasteiger partial charge in [0.2, 0.25) is 10.0 Å². The van der Waals surface area contributed by atoms with Gasteiger partial charge in [0.25, 0.3) is 0 Å². The first-order chi connectivity index (χ1) is 17.0. The highest BCUT2D eigenvalue weighted by molar-refractivity contribution is 7.91. The molecule has 1 aliphatic heterocycles. The molecular formula is C23H20F3N5O3S2. The Hall–Kier alpha value is -3.42. The minimum atomic E-state index is -3.95. The summed E-state index contributed by atoms with van der Waals surface area (Å²) in [4.78, 5) is 20.4. The third-order valence-corrected chi connectivity index (χ3v) is 8.69. The SMILES string of the molecule is Cc1nc(N2CCCN(c3ccc(-c4cc(F)cc5c4ccn5C(F)F)cc3)C2=O)sc1S(N)(=O)=O. The van der Waals surface area contributed by atoms with Crippen LogP contribution in [0.5, 0.6) is 0 Å². The average molecular weight is 536 g/mol. The average Bonchev–Trinajstić information content (AvgIpc) is 3.42. The fourth-order valence-corrected chi connectivity index (χ4v) is 6.31. The number of urea groups is 1. The fourth-order valence-electron chi connectivity index (χ4n) is 4.35.